The van der Waals surface area contributed by atoms with Gasteiger partial charge in [0.2, 0.25) is 5.91 Å². The number of aryl methyl sites for hydroxylation is 1. The van der Waals surface area contributed by atoms with Crippen LogP contribution in [-0.4, -0.2) is 49.0 Å². The van der Waals surface area contributed by atoms with E-state index >= 15 is 0 Å². The van der Waals surface area contributed by atoms with Gasteiger partial charge in [0.1, 0.15) is 18.1 Å². The van der Waals surface area contributed by atoms with E-state index in [-0.39, 0.29) is 18.0 Å². The van der Waals surface area contributed by atoms with Gasteiger partial charge in [-0.3, -0.25) is 9.59 Å². The van der Waals surface area contributed by atoms with Gasteiger partial charge < -0.3 is 19.9 Å². The van der Waals surface area contributed by atoms with Crippen LogP contribution in [0.1, 0.15) is 11.1 Å². The zero-order valence-corrected chi connectivity index (χ0v) is 19.0. The topological polar surface area (TPSA) is 79.7 Å². The molecule has 1 saturated heterocycles. The quantitative estimate of drug-likeness (QED) is 0.598. The van der Waals surface area contributed by atoms with E-state index in [1.165, 1.54) is 16.3 Å². The minimum atomic E-state index is -0.295. The molecule has 2 heterocycles. The van der Waals surface area contributed by atoms with Crippen molar-refractivity contribution in [3.05, 3.63) is 82.1 Å². The summed E-state index contributed by atoms with van der Waals surface area (Å²) in [5.74, 6) is 1.30. The molecule has 0 spiro atoms. The summed E-state index contributed by atoms with van der Waals surface area (Å²) in [6.45, 7) is 5.44. The van der Waals surface area contributed by atoms with Gasteiger partial charge in [0.15, 0.2) is 0 Å². The van der Waals surface area contributed by atoms with E-state index in [0.717, 1.165) is 43.2 Å². The number of anilines is 2. The highest BCUT2D eigenvalue weighted by Crippen LogP contribution is 2.28. The van der Waals surface area contributed by atoms with Crippen LogP contribution < -0.4 is 25.4 Å². The molecule has 2 aromatic carbocycles. The molecule has 1 fully saturated rings. The summed E-state index contributed by atoms with van der Waals surface area (Å²) in [5, 5.41) is 7.32. The van der Waals surface area contributed by atoms with E-state index in [0.29, 0.717) is 12.4 Å². The summed E-state index contributed by atoms with van der Waals surface area (Å²) in [4.78, 5) is 29.1. The van der Waals surface area contributed by atoms with Crippen LogP contribution in [0, 0.1) is 6.92 Å². The Hall–Kier alpha value is -3.81. The highest BCUT2D eigenvalue weighted by atomic mass is 16.5. The van der Waals surface area contributed by atoms with Gasteiger partial charge in [-0.25, -0.2) is 4.68 Å². The number of hydrogen-bond donors (Lipinski definition) is 1. The lowest BCUT2D eigenvalue weighted by Crippen LogP contribution is -2.47. The number of methoxy groups -OCH3 is 1. The summed E-state index contributed by atoms with van der Waals surface area (Å²) in [6.07, 6.45) is 0. The van der Waals surface area contributed by atoms with Crippen molar-refractivity contribution in [3.8, 4) is 5.75 Å². The van der Waals surface area contributed by atoms with Crippen molar-refractivity contribution in [1.29, 1.82) is 0 Å². The maximum absolute atomic E-state index is 12.4. The molecule has 8 nitrogen and oxygen atoms in total. The first kappa shape index (κ1) is 22.4. The third kappa shape index (κ3) is 5.52. The molecular formula is C25H29N5O3. The zero-order valence-electron chi connectivity index (χ0n) is 19.0. The Bertz CT molecular complexity index is 1150. The molecule has 0 aliphatic carbocycles. The van der Waals surface area contributed by atoms with Crippen LogP contribution in [-0.2, 0) is 17.9 Å². The molecule has 1 aliphatic rings. The minimum absolute atomic E-state index is 0.111. The Kier molecular flexibility index (Phi) is 6.92. The average Bonchev–Trinajstić information content (AvgIpc) is 2.85. The number of para-hydroxylation sites is 2. The molecule has 33 heavy (non-hydrogen) atoms. The van der Waals surface area contributed by atoms with Crippen LogP contribution in [0.5, 0.6) is 5.75 Å². The maximum Gasteiger partial charge on any atom is 0.267 e. The molecule has 0 unspecified atom stereocenters. The monoisotopic (exact) mass is 447 g/mol. The van der Waals surface area contributed by atoms with Crippen molar-refractivity contribution in [1.82, 2.24) is 15.1 Å². The lowest BCUT2D eigenvalue weighted by Gasteiger charge is -2.37. The lowest BCUT2D eigenvalue weighted by molar-refractivity contribution is -0.122. The Labute approximate surface area is 193 Å². The molecule has 1 aromatic heterocycles. The third-order valence-corrected chi connectivity index (χ3v) is 5.79. The first-order valence-electron chi connectivity index (χ1n) is 11.1. The third-order valence-electron chi connectivity index (χ3n) is 5.79. The molecule has 8 heteroatoms. The first-order valence-corrected chi connectivity index (χ1v) is 11.1. The van der Waals surface area contributed by atoms with Crippen molar-refractivity contribution in [2.75, 3.05) is 43.1 Å². The van der Waals surface area contributed by atoms with Crippen LogP contribution in [0.4, 0.5) is 11.5 Å². The number of carbonyl (C=O) groups is 1. The second-order valence-electron chi connectivity index (χ2n) is 8.10. The van der Waals surface area contributed by atoms with Gasteiger partial charge in [0.05, 0.1) is 12.8 Å². The second kappa shape index (κ2) is 10.2. The smallest absolute Gasteiger partial charge is 0.267 e. The zero-order chi connectivity index (χ0) is 23.2. The Morgan fingerprint density at radius 3 is 2.39 bits per heavy atom. The Balaban J connectivity index is 1.36. The summed E-state index contributed by atoms with van der Waals surface area (Å²) in [5.41, 5.74) is 2.96. The van der Waals surface area contributed by atoms with Crippen molar-refractivity contribution in [2.45, 2.75) is 20.0 Å². The standard InChI is InChI=1S/C25H29N5O3/c1-19-7-9-20(10-8-19)17-26-24(31)18-30-25(32)12-11-23(27-30)29-15-13-28(14-16-29)21-5-3-4-6-22(21)33-2/h3-12H,13-18H2,1-2H3,(H,26,31). The molecule has 1 amide bonds. The molecule has 172 valence electrons. The highest BCUT2D eigenvalue weighted by molar-refractivity contribution is 5.75. The molecule has 4 rings (SSSR count). The molecule has 0 bridgehead atoms. The molecule has 1 N–H and O–H groups in total. The molecule has 0 atom stereocenters. The fourth-order valence-corrected chi connectivity index (χ4v) is 3.89. The molecule has 1 aliphatic heterocycles. The summed E-state index contributed by atoms with van der Waals surface area (Å²) in [7, 11) is 1.68. The largest absolute Gasteiger partial charge is 0.495 e. The van der Waals surface area contributed by atoms with Crippen LogP contribution in [0.25, 0.3) is 0 Å². The van der Waals surface area contributed by atoms with Gasteiger partial charge in [0, 0.05) is 38.8 Å². The van der Waals surface area contributed by atoms with E-state index in [1.807, 2.05) is 49.4 Å². The molecule has 0 saturated carbocycles. The molecule has 0 radical (unpaired) electrons. The van der Waals surface area contributed by atoms with Crippen LogP contribution in [0.3, 0.4) is 0 Å². The predicted molar refractivity (Wildman–Crippen MR) is 129 cm³/mol. The average molecular weight is 448 g/mol. The maximum atomic E-state index is 12.4. The normalized spacial score (nSPS) is 13.6. The number of benzene rings is 2. The van der Waals surface area contributed by atoms with Crippen molar-refractivity contribution in [2.24, 2.45) is 0 Å². The van der Waals surface area contributed by atoms with E-state index in [4.69, 9.17) is 4.74 Å². The number of ether oxygens (including phenoxy) is 1. The van der Waals surface area contributed by atoms with Crippen molar-refractivity contribution >= 4 is 17.4 Å². The number of nitrogens with one attached hydrogen (secondary N) is 1. The van der Waals surface area contributed by atoms with E-state index in [2.05, 4.69) is 26.3 Å². The van der Waals surface area contributed by atoms with E-state index < -0.39 is 0 Å². The van der Waals surface area contributed by atoms with E-state index in [9.17, 15) is 9.59 Å². The summed E-state index contributed by atoms with van der Waals surface area (Å²) >= 11 is 0. The Morgan fingerprint density at radius 2 is 1.67 bits per heavy atom. The first-order chi connectivity index (χ1) is 16.0. The molecular weight excluding hydrogens is 418 g/mol. The fraction of sp³-hybridized carbons (Fsp3) is 0.320. The van der Waals surface area contributed by atoms with E-state index in [1.54, 1.807) is 13.2 Å². The van der Waals surface area contributed by atoms with Crippen LogP contribution in [0.2, 0.25) is 0 Å². The summed E-state index contributed by atoms with van der Waals surface area (Å²) < 4.78 is 6.71. The number of amides is 1. The number of rotatable bonds is 7. The molecule has 3 aromatic rings. The van der Waals surface area contributed by atoms with Gasteiger partial charge in [-0.05, 0) is 30.7 Å². The summed E-state index contributed by atoms with van der Waals surface area (Å²) in [6, 6.07) is 19.1. The van der Waals surface area contributed by atoms with Crippen molar-refractivity contribution in [3.63, 3.8) is 0 Å². The Morgan fingerprint density at radius 1 is 0.970 bits per heavy atom. The van der Waals surface area contributed by atoms with Gasteiger partial charge in [-0.15, -0.1) is 0 Å². The van der Waals surface area contributed by atoms with Gasteiger partial charge in [0.25, 0.3) is 5.56 Å². The number of hydrogen-bond acceptors (Lipinski definition) is 6. The SMILES string of the molecule is COc1ccccc1N1CCN(c2ccc(=O)n(CC(=O)NCc3ccc(C)cc3)n2)CC1. The van der Waals surface area contributed by atoms with Crippen LogP contribution >= 0.6 is 0 Å². The highest BCUT2D eigenvalue weighted by Gasteiger charge is 2.21. The van der Waals surface area contributed by atoms with Crippen LogP contribution in [0.15, 0.2) is 65.5 Å². The van der Waals surface area contributed by atoms with Gasteiger partial charge >= 0.3 is 0 Å². The van der Waals surface area contributed by atoms with Gasteiger partial charge in [-0.1, -0.05) is 42.0 Å². The number of piperazine rings is 1. The second-order valence-corrected chi connectivity index (χ2v) is 8.10. The lowest BCUT2D eigenvalue weighted by atomic mass is 10.1. The number of aromatic nitrogens is 2. The van der Waals surface area contributed by atoms with Gasteiger partial charge in [-0.2, -0.15) is 5.10 Å². The van der Waals surface area contributed by atoms with Crippen molar-refractivity contribution < 1.29 is 9.53 Å². The fourth-order valence-electron chi connectivity index (χ4n) is 3.89. The number of nitrogens with zero attached hydrogens (tertiary/aromatic N) is 4. The predicted octanol–water partition coefficient (Wildman–Crippen LogP) is 2.20. The number of carbonyl (C=O) groups excluding carboxylic acids is 1. The minimum Gasteiger partial charge on any atom is -0.495 e.